The smallest absolute Gasteiger partial charge is 0.290 e. The van der Waals surface area contributed by atoms with Crippen LogP contribution >= 0.6 is 9.24 Å². The maximum atomic E-state index is 11.1. The van der Waals surface area contributed by atoms with Crippen molar-refractivity contribution >= 4 is 24.9 Å². The van der Waals surface area contributed by atoms with Gasteiger partial charge >= 0.3 is 0 Å². The van der Waals surface area contributed by atoms with Gasteiger partial charge in [0, 0.05) is 5.56 Å². The minimum Gasteiger partial charge on any atom is -0.290 e. The van der Waals surface area contributed by atoms with Crippen molar-refractivity contribution in [3.8, 4) is 0 Å². The Morgan fingerprint density at radius 2 is 2.38 bits per heavy atom. The number of carbonyl (C=O) groups is 1. The Morgan fingerprint density at radius 1 is 1.69 bits per heavy atom. The van der Waals surface area contributed by atoms with E-state index in [4.69, 9.17) is 2.80 Å². The zero-order chi connectivity index (χ0) is 11.6. The quantitative estimate of drug-likeness (QED) is 0.608. The molecule has 1 aromatic carbocycles. The zero-order valence-corrected chi connectivity index (χ0v) is 8.32. The lowest BCUT2D eigenvalue weighted by Gasteiger charge is -1.98. The van der Waals surface area contributed by atoms with Crippen LogP contribution in [0.2, 0.25) is 0 Å². The van der Waals surface area contributed by atoms with E-state index < -0.39 is 15.6 Å². The average Bonchev–Trinajstić information content (AvgIpc) is 2.17. The summed E-state index contributed by atoms with van der Waals surface area (Å²) in [5, 5.41) is 0. The highest BCUT2D eigenvalue weighted by molar-refractivity contribution is 7.85. The summed E-state index contributed by atoms with van der Waals surface area (Å²) in [4.78, 5) is 10.7. The van der Waals surface area contributed by atoms with E-state index in [1.165, 1.54) is 0 Å². The van der Waals surface area contributed by atoms with E-state index in [1.54, 1.807) is 0 Å². The molecule has 1 aromatic rings. The van der Waals surface area contributed by atoms with E-state index in [0.717, 1.165) is 18.2 Å². The molecule has 1 N–H and O–H groups in total. The SMILES string of the molecule is [2H]OS(=O)(=O)c1ccc([2H])c(C(=O)P)c1. The van der Waals surface area contributed by atoms with Gasteiger partial charge < -0.3 is 0 Å². The minimum atomic E-state index is -4.15. The van der Waals surface area contributed by atoms with Gasteiger partial charge in [0.15, 0.2) is 5.52 Å². The van der Waals surface area contributed by atoms with Crippen molar-refractivity contribution in [3.63, 3.8) is 0 Å². The zero-order valence-electron chi connectivity index (χ0n) is 8.35. The fraction of sp³-hybridized carbons (Fsp3) is 0. The van der Waals surface area contributed by atoms with E-state index in [2.05, 4.69) is 4.56 Å². The molecule has 0 heterocycles. The summed E-state index contributed by atoms with van der Waals surface area (Å²) in [5.41, 5.74) is -0.555. The van der Waals surface area contributed by atoms with Crippen LogP contribution in [-0.2, 0) is 10.1 Å². The molecule has 1 atom stereocenters. The van der Waals surface area contributed by atoms with Crippen LogP contribution in [0.4, 0.5) is 0 Å². The highest BCUT2D eigenvalue weighted by atomic mass is 32.2. The van der Waals surface area contributed by atoms with Crippen molar-refractivity contribution in [1.82, 2.24) is 0 Å². The summed E-state index contributed by atoms with van der Waals surface area (Å²) >= 11 is 0. The van der Waals surface area contributed by atoms with Crippen LogP contribution in [0.15, 0.2) is 29.1 Å². The number of benzene rings is 1. The molecule has 70 valence electrons. The van der Waals surface area contributed by atoms with E-state index in [9.17, 15) is 13.2 Å². The molecule has 0 saturated heterocycles. The molecule has 4 nitrogen and oxygen atoms in total. The normalized spacial score (nSPS) is 13.3. The molecule has 0 aliphatic heterocycles. The van der Waals surface area contributed by atoms with Crippen molar-refractivity contribution < 1.29 is 19.1 Å². The van der Waals surface area contributed by atoms with Crippen LogP contribution in [0.1, 0.15) is 11.7 Å². The molecular formula is C7H7O4PS. The number of carbonyl (C=O) groups excluding carboxylic acids is 1. The molecule has 0 radical (unpaired) electrons. The van der Waals surface area contributed by atoms with Gasteiger partial charge in [-0.05, 0) is 12.1 Å². The third-order valence-corrected chi connectivity index (χ3v) is 2.47. The van der Waals surface area contributed by atoms with Crippen LogP contribution in [0, 0.1) is 0 Å². The molecule has 0 saturated carbocycles. The second-order valence-corrected chi connectivity index (χ2v) is 4.16. The molecule has 0 aromatic heterocycles. The Labute approximate surface area is 80.8 Å². The lowest BCUT2D eigenvalue weighted by molar-refractivity contribution is 0.108. The van der Waals surface area contributed by atoms with Gasteiger partial charge in [-0.15, -0.1) is 0 Å². The molecule has 0 fully saturated rings. The minimum absolute atomic E-state index is 0.0573. The van der Waals surface area contributed by atoms with Crippen molar-refractivity contribution in [2.75, 3.05) is 0 Å². The highest BCUT2D eigenvalue weighted by Gasteiger charge is 2.10. The average molecular weight is 220 g/mol. The molecule has 0 bridgehead atoms. The Hall–Kier alpha value is -0.770. The second-order valence-electron chi connectivity index (χ2n) is 2.26. The summed E-state index contributed by atoms with van der Waals surface area (Å²) in [6.45, 7) is 0. The number of hydrogen-bond donors (Lipinski definition) is 1. The van der Waals surface area contributed by atoms with E-state index >= 15 is 0 Å². The maximum absolute atomic E-state index is 11.1. The first-order valence-electron chi connectivity index (χ1n) is 4.09. The van der Waals surface area contributed by atoms with Crippen molar-refractivity contribution in [2.45, 2.75) is 4.90 Å². The van der Waals surface area contributed by atoms with Gasteiger partial charge in [0.05, 0.1) is 6.27 Å². The first-order valence-corrected chi connectivity index (χ1v) is 5.17. The third kappa shape index (κ3) is 2.59. The van der Waals surface area contributed by atoms with Gasteiger partial charge in [0.2, 0.25) is 1.43 Å². The van der Waals surface area contributed by atoms with Crippen LogP contribution in [-0.4, -0.2) is 18.5 Å². The largest absolute Gasteiger partial charge is 0.294 e. The maximum Gasteiger partial charge on any atom is 0.294 e. The molecule has 0 amide bonds. The van der Waals surface area contributed by atoms with Gasteiger partial charge in [-0.25, -0.2) is 0 Å². The predicted octanol–water partition coefficient (Wildman–Crippen LogP) is 0.949. The standard InChI is InChI=1S/C7H7O4PS/c8-7(12)5-2-1-3-6(4-5)13(9,10)11/h1-4H,12H2,(H,9,10,11)/i2D/hD. The van der Waals surface area contributed by atoms with Gasteiger partial charge in [-0.2, -0.15) is 8.42 Å². The van der Waals surface area contributed by atoms with E-state index in [1.807, 2.05) is 9.24 Å². The molecule has 13 heavy (non-hydrogen) atoms. The summed E-state index contributed by atoms with van der Waals surface area (Å²) in [6.07, 6.45) is 0. The van der Waals surface area contributed by atoms with Crippen LogP contribution < -0.4 is 0 Å². The topological polar surface area (TPSA) is 71.4 Å². The fourth-order valence-corrected chi connectivity index (χ4v) is 1.41. The van der Waals surface area contributed by atoms with Crippen LogP contribution in [0.25, 0.3) is 1.43 Å². The summed E-state index contributed by atoms with van der Waals surface area (Å²) in [6, 6.07) is 3.17. The molecule has 0 spiro atoms. The molecule has 6 heteroatoms. The van der Waals surface area contributed by atoms with Crippen molar-refractivity contribution in [3.05, 3.63) is 29.8 Å². The van der Waals surface area contributed by atoms with Gasteiger partial charge in [-0.3, -0.25) is 9.35 Å². The fourth-order valence-electron chi connectivity index (χ4n) is 0.743. The Balaban J connectivity index is 3.38. The molecule has 0 aliphatic rings. The Bertz CT molecular complexity index is 500. The van der Waals surface area contributed by atoms with E-state index in [-0.39, 0.29) is 16.5 Å². The summed E-state index contributed by atoms with van der Waals surface area (Å²) in [7, 11) is -2.31. The molecule has 1 unspecified atom stereocenters. The van der Waals surface area contributed by atoms with Gasteiger partial charge in [-0.1, -0.05) is 21.3 Å². The van der Waals surface area contributed by atoms with E-state index in [0.29, 0.717) is 0 Å². The van der Waals surface area contributed by atoms with Crippen molar-refractivity contribution in [2.24, 2.45) is 0 Å². The lowest BCUT2D eigenvalue weighted by atomic mass is 10.2. The monoisotopic (exact) mass is 220 g/mol. The third-order valence-electron chi connectivity index (χ3n) is 1.33. The van der Waals surface area contributed by atoms with Gasteiger partial charge in [0.1, 0.15) is 0 Å². The summed E-state index contributed by atoms with van der Waals surface area (Å²) in [5.74, 6) is 0. The predicted molar refractivity (Wildman–Crippen MR) is 50.3 cm³/mol. The van der Waals surface area contributed by atoms with Crippen LogP contribution in [0.3, 0.4) is 0 Å². The molecular weight excluding hydrogens is 211 g/mol. The lowest BCUT2D eigenvalue weighted by Crippen LogP contribution is -1.99. The highest BCUT2D eigenvalue weighted by Crippen LogP contribution is 2.13. The van der Waals surface area contributed by atoms with Gasteiger partial charge in [0.25, 0.3) is 10.1 Å². The van der Waals surface area contributed by atoms with Crippen molar-refractivity contribution in [1.29, 1.82) is 1.43 Å². The summed E-state index contributed by atoms with van der Waals surface area (Å²) < 4.78 is 39.4. The number of hydrogen-bond acceptors (Lipinski definition) is 4. The first-order chi connectivity index (χ1) is 6.88. The second kappa shape index (κ2) is 3.54. The van der Waals surface area contributed by atoms with Crippen LogP contribution in [0.5, 0.6) is 0 Å². The first kappa shape index (κ1) is 7.62. The molecule has 0 aliphatic carbocycles. The molecule has 1 rings (SSSR count). The number of rotatable bonds is 3. The Morgan fingerprint density at radius 3 is 2.92 bits per heavy atom. The Kier molecular flexibility index (Phi) is 2.07.